The first kappa shape index (κ1) is 63.6. The normalized spacial score (nSPS) is 36.6. The lowest BCUT2D eigenvalue weighted by molar-refractivity contribution is -0.309. The van der Waals surface area contributed by atoms with Crippen molar-refractivity contribution in [2.45, 2.75) is 212 Å². The van der Waals surface area contributed by atoms with Crippen LogP contribution in [0.5, 0.6) is 11.5 Å². The number of ether oxygens (including phenoxy) is 10. The molecule has 3 saturated heterocycles. The number of pyridine rings is 1. The van der Waals surface area contributed by atoms with Gasteiger partial charge in [0.1, 0.15) is 23.6 Å². The number of rotatable bonds is 21. The number of esters is 1. The van der Waals surface area contributed by atoms with Crippen LogP contribution in [-0.2, 0) is 58.8 Å². The van der Waals surface area contributed by atoms with Gasteiger partial charge in [0.2, 0.25) is 0 Å². The molecule has 3 aliphatic heterocycles. The molecule has 0 bridgehead atoms. The molecule has 4 heterocycles. The van der Waals surface area contributed by atoms with E-state index in [0.717, 1.165) is 43.4 Å². The number of ketones is 1. The van der Waals surface area contributed by atoms with Crippen LogP contribution in [0.15, 0.2) is 42.7 Å². The van der Waals surface area contributed by atoms with Crippen molar-refractivity contribution < 1.29 is 66.9 Å². The fraction of sp³-hybridized carbons (Fsp3) is 0.767. The predicted molar refractivity (Wildman–Crippen MR) is 301 cm³/mol. The van der Waals surface area contributed by atoms with Crippen molar-refractivity contribution in [3.63, 3.8) is 0 Å². The molecule has 1 unspecified atom stereocenters. The van der Waals surface area contributed by atoms with E-state index in [9.17, 15) is 9.90 Å². The van der Waals surface area contributed by atoms with Gasteiger partial charge in [-0.3, -0.25) is 19.4 Å². The maximum absolute atomic E-state index is 15.4. The molecule has 0 radical (unpaired) electrons. The van der Waals surface area contributed by atoms with E-state index < -0.39 is 95.5 Å². The van der Waals surface area contributed by atoms with Crippen LogP contribution in [0.4, 0.5) is 5.69 Å². The lowest BCUT2D eigenvalue weighted by Crippen LogP contribution is -2.60. The molecule has 6 rings (SSSR count). The fourth-order valence-corrected chi connectivity index (χ4v) is 14.1. The minimum atomic E-state index is -1.45. The number of aromatic nitrogens is 1. The van der Waals surface area contributed by atoms with E-state index in [1.54, 1.807) is 66.3 Å². The summed E-state index contributed by atoms with van der Waals surface area (Å²) in [7, 11) is 8.93. The summed E-state index contributed by atoms with van der Waals surface area (Å²) >= 11 is 1.65. The van der Waals surface area contributed by atoms with Crippen LogP contribution in [0.1, 0.15) is 133 Å². The molecule has 18 heteroatoms. The molecule has 17 nitrogen and oxygen atoms in total. The number of anilines is 1. The van der Waals surface area contributed by atoms with E-state index in [1.807, 2.05) is 66.7 Å². The number of aliphatic hydroxyl groups excluding tert-OH is 1. The molecule has 1 aromatic heterocycles. The summed E-state index contributed by atoms with van der Waals surface area (Å²) in [6.07, 6.45) is 4.05. The van der Waals surface area contributed by atoms with Crippen LogP contribution in [0, 0.1) is 29.6 Å². The van der Waals surface area contributed by atoms with Gasteiger partial charge in [-0.1, -0.05) is 27.7 Å². The Balaban J connectivity index is 1.37. The summed E-state index contributed by atoms with van der Waals surface area (Å²) in [5, 5.41) is 11.2. The highest BCUT2D eigenvalue weighted by Crippen LogP contribution is 2.45. The third-order valence-electron chi connectivity index (χ3n) is 17.8. The standard InChI is InChI=1S/C60H95N3O14S/c1-16-50-60(10,71-36-64)47(35-78-28-27-63(34-43-23-25-61-26-24-43)44-21-22-48(68-13)49(30-44)74-46-19-17-18-20-46)39(4)53(65)37(2)32-59(9,70-15)56(77-51-31-45(62(11)12)29-38(3)72-51)40(5)54(41(6)57(67)75-50)76-52-33-58(8,69-14)55(66)42(7)73-52/h21-26,30,36-42,45-47,50-52,54-56,66H,16-20,27-29,31-35H2,1-15H3/t37-,38-,39-,40+,41-,42+,45+,47-,50-,51?,52+,54+,55+,56-,58-,59-,60+/m1/s1. The monoisotopic (exact) mass is 1110 g/mol. The molecule has 0 spiro atoms. The summed E-state index contributed by atoms with van der Waals surface area (Å²) in [6.45, 7) is 20.4. The third kappa shape index (κ3) is 15.3. The molecule has 2 aromatic rings. The van der Waals surface area contributed by atoms with E-state index in [2.05, 4.69) is 41.0 Å². The van der Waals surface area contributed by atoms with Crippen molar-refractivity contribution in [3.8, 4) is 11.5 Å². The van der Waals surface area contributed by atoms with Gasteiger partial charge in [-0.25, -0.2) is 0 Å². The number of hydrogen-bond donors (Lipinski definition) is 1. The van der Waals surface area contributed by atoms with Crippen molar-refractivity contribution in [2.24, 2.45) is 29.6 Å². The number of thioether (sulfide) groups is 1. The average Bonchev–Trinajstić information content (AvgIpc) is 3.97. The Hall–Kier alpha value is -3.59. The van der Waals surface area contributed by atoms with Gasteiger partial charge >= 0.3 is 5.97 Å². The van der Waals surface area contributed by atoms with Crippen molar-refractivity contribution in [1.82, 2.24) is 9.88 Å². The number of methoxy groups -OCH3 is 3. The Morgan fingerprint density at radius 3 is 2.18 bits per heavy atom. The highest BCUT2D eigenvalue weighted by atomic mass is 32.2. The Morgan fingerprint density at radius 2 is 1.55 bits per heavy atom. The SMILES string of the molecule is CC[C@H]1OC(=O)[C@H](C)[C@@H](O[C@H]2C[C@@](C)(OC)[C@@H](O)[C@H](C)O2)[C@H](C)[C@@H](OC2C[C@@H](N(C)C)C[C@@H](C)O2)[C@](C)(OC)C[C@@H](C)C(=O)[C@H](C)[C@@H](CSCCN(Cc2ccncc2)c2ccc(OC)c(OC3CCCC3)c2)[C@]1(C)OC=O. The van der Waals surface area contributed by atoms with Crippen molar-refractivity contribution in [1.29, 1.82) is 0 Å². The number of hydrogen-bond acceptors (Lipinski definition) is 18. The number of benzene rings is 1. The number of aliphatic hydroxyl groups is 1. The molecule has 4 fully saturated rings. The largest absolute Gasteiger partial charge is 0.493 e. The zero-order chi connectivity index (χ0) is 57.1. The Bertz CT molecular complexity index is 2210. The number of carbonyl (C=O) groups excluding carboxylic acids is 3. The molecule has 1 aromatic carbocycles. The first-order valence-corrected chi connectivity index (χ1v) is 29.7. The lowest BCUT2D eigenvalue weighted by atomic mass is 9.70. The summed E-state index contributed by atoms with van der Waals surface area (Å²) in [5.74, 6) is -1.71. The molecule has 0 amide bonds. The maximum Gasteiger partial charge on any atom is 0.311 e. The van der Waals surface area contributed by atoms with Gasteiger partial charge in [0.25, 0.3) is 6.47 Å². The van der Waals surface area contributed by atoms with Gasteiger partial charge in [-0.2, -0.15) is 11.8 Å². The molecule has 1 N–H and O–H groups in total. The minimum Gasteiger partial charge on any atom is -0.493 e. The molecule has 78 heavy (non-hydrogen) atoms. The summed E-state index contributed by atoms with van der Waals surface area (Å²) in [5.41, 5.74) is -1.58. The van der Waals surface area contributed by atoms with Crippen LogP contribution < -0.4 is 14.4 Å². The number of cyclic esters (lactones) is 1. The van der Waals surface area contributed by atoms with Crippen molar-refractivity contribution in [2.75, 3.05) is 58.4 Å². The summed E-state index contributed by atoms with van der Waals surface area (Å²) in [4.78, 5) is 52.1. The third-order valence-corrected chi connectivity index (χ3v) is 18.9. The summed E-state index contributed by atoms with van der Waals surface area (Å²) in [6, 6.07) is 10.3. The van der Waals surface area contributed by atoms with Crippen molar-refractivity contribution in [3.05, 3.63) is 48.3 Å². The van der Waals surface area contributed by atoms with Crippen molar-refractivity contribution >= 4 is 35.7 Å². The number of carbonyl (C=O) groups is 3. The van der Waals surface area contributed by atoms with E-state index in [4.69, 9.17) is 47.4 Å². The zero-order valence-electron chi connectivity index (χ0n) is 49.5. The fourth-order valence-electron chi connectivity index (χ4n) is 12.7. The van der Waals surface area contributed by atoms with Gasteiger partial charge in [0, 0.05) is 106 Å². The highest BCUT2D eigenvalue weighted by Gasteiger charge is 2.54. The molecule has 4 aliphatic rings. The first-order valence-electron chi connectivity index (χ1n) is 28.5. The van der Waals surface area contributed by atoms with Gasteiger partial charge in [-0.15, -0.1) is 0 Å². The summed E-state index contributed by atoms with van der Waals surface area (Å²) < 4.78 is 64.7. The molecule has 440 valence electrons. The van der Waals surface area contributed by atoms with Gasteiger partial charge in [-0.05, 0) is 130 Å². The minimum absolute atomic E-state index is 0.0556. The lowest BCUT2D eigenvalue weighted by Gasteiger charge is -2.49. The highest BCUT2D eigenvalue weighted by molar-refractivity contribution is 7.99. The zero-order valence-corrected chi connectivity index (χ0v) is 50.3. The molecule has 1 aliphatic carbocycles. The number of nitrogens with zero attached hydrogens (tertiary/aromatic N) is 3. The van der Waals surface area contributed by atoms with Gasteiger partial charge in [0.05, 0.1) is 54.7 Å². The van der Waals surface area contributed by atoms with Crippen LogP contribution >= 0.6 is 11.8 Å². The average molecular weight is 1110 g/mol. The van der Waals surface area contributed by atoms with E-state index in [-0.39, 0.29) is 43.3 Å². The molecule has 17 atom stereocenters. The molecular weight excluding hydrogens is 1020 g/mol. The Kier molecular flexibility index (Phi) is 23.2. The van der Waals surface area contributed by atoms with E-state index in [1.165, 1.54) is 0 Å². The second kappa shape index (κ2) is 28.4. The van der Waals surface area contributed by atoms with Crippen LogP contribution in [0.3, 0.4) is 0 Å². The Labute approximate surface area is 470 Å². The van der Waals surface area contributed by atoms with Gasteiger partial charge in [0.15, 0.2) is 24.1 Å². The van der Waals surface area contributed by atoms with E-state index in [0.29, 0.717) is 49.0 Å². The second-order valence-electron chi connectivity index (χ2n) is 23.6. The molecule has 1 saturated carbocycles. The van der Waals surface area contributed by atoms with E-state index >= 15 is 9.59 Å². The van der Waals surface area contributed by atoms with Crippen LogP contribution in [-0.4, -0.2) is 165 Å². The topological polar surface area (TPSA) is 183 Å². The van der Waals surface area contributed by atoms with Gasteiger partial charge < -0.3 is 62.3 Å². The Morgan fingerprint density at radius 1 is 0.859 bits per heavy atom. The first-order chi connectivity index (χ1) is 37.0. The van der Waals surface area contributed by atoms with Crippen LogP contribution in [0.25, 0.3) is 0 Å². The smallest absolute Gasteiger partial charge is 0.311 e. The maximum atomic E-state index is 15.4. The molecular formula is C60H95N3O14S. The number of Topliss-reactive ketones (excluding diaryl/α,β-unsaturated/α-hetero) is 1. The quantitative estimate of drug-likeness (QED) is 0.0709. The predicted octanol–water partition coefficient (Wildman–Crippen LogP) is 9.07. The second-order valence-corrected chi connectivity index (χ2v) is 24.7. The van der Waals surface area contributed by atoms with Crippen LogP contribution in [0.2, 0.25) is 0 Å².